The monoisotopic (exact) mass is 387 g/mol. The third-order valence-corrected chi connectivity index (χ3v) is 5.01. The lowest BCUT2D eigenvalue weighted by atomic mass is 10.2. The maximum absolute atomic E-state index is 5.93. The van der Waals surface area contributed by atoms with Crippen molar-refractivity contribution in [2.24, 2.45) is 0 Å². The summed E-state index contributed by atoms with van der Waals surface area (Å²) in [6.07, 6.45) is 0. The molecule has 5 nitrogen and oxygen atoms in total. The largest absolute Gasteiger partial charge is 0.234 e. The predicted octanol–water partition coefficient (Wildman–Crippen LogP) is 5.07. The normalized spacial score (nSPS) is 11.0. The maximum Gasteiger partial charge on any atom is 0.234 e. The van der Waals surface area contributed by atoms with Crippen LogP contribution in [0.15, 0.2) is 48.5 Å². The molecule has 124 valence electrons. The Labute approximate surface area is 157 Å². The predicted molar refractivity (Wildman–Crippen MR) is 100 cm³/mol. The Morgan fingerprint density at radius 2 is 1.44 bits per heavy atom. The zero-order chi connectivity index (χ0) is 17.4. The Bertz CT molecular complexity index is 1020. The quantitative estimate of drug-likeness (QED) is 0.492. The average Bonchev–Trinajstić information content (AvgIpc) is 3.23. The zero-order valence-corrected chi connectivity index (χ0v) is 15.3. The Morgan fingerprint density at radius 3 is 2.08 bits per heavy atom. The van der Waals surface area contributed by atoms with E-state index in [0.29, 0.717) is 21.0 Å². The van der Waals surface area contributed by atoms with Gasteiger partial charge in [0.25, 0.3) is 0 Å². The van der Waals surface area contributed by atoms with Gasteiger partial charge in [-0.3, -0.25) is 0 Å². The third-order valence-electron chi connectivity index (χ3n) is 3.56. The minimum absolute atomic E-state index is 0.623. The minimum Gasteiger partial charge on any atom is -0.212 e. The van der Waals surface area contributed by atoms with Crippen molar-refractivity contribution in [2.75, 3.05) is 0 Å². The first-order valence-electron chi connectivity index (χ1n) is 7.39. The van der Waals surface area contributed by atoms with Crippen LogP contribution in [0.25, 0.3) is 27.1 Å². The van der Waals surface area contributed by atoms with Gasteiger partial charge < -0.3 is 0 Å². The van der Waals surface area contributed by atoms with Gasteiger partial charge in [0.2, 0.25) is 5.13 Å². The molecule has 25 heavy (non-hydrogen) atoms. The summed E-state index contributed by atoms with van der Waals surface area (Å²) in [4.78, 5) is 4.51. The fourth-order valence-electron chi connectivity index (χ4n) is 2.30. The molecule has 0 aliphatic rings. The molecule has 4 rings (SSSR count). The molecule has 0 spiro atoms. The molecule has 0 saturated heterocycles. The second kappa shape index (κ2) is 6.55. The fourth-order valence-corrected chi connectivity index (χ4v) is 3.40. The van der Waals surface area contributed by atoms with Crippen LogP contribution in [-0.2, 0) is 0 Å². The molecule has 0 N–H and O–H groups in total. The van der Waals surface area contributed by atoms with Gasteiger partial charge in [0.05, 0.1) is 0 Å². The molecule has 0 unspecified atom stereocenters. The molecule has 4 aromatic rings. The van der Waals surface area contributed by atoms with Crippen LogP contribution >= 0.6 is 34.5 Å². The standard InChI is InChI=1S/C17H11Cl2N5S/c1-10-20-15(11-2-6-13(18)7-3-11)23-24(10)17-22-21-16(25-17)12-4-8-14(19)9-5-12/h2-9H,1H3. The molecule has 2 heterocycles. The Balaban J connectivity index is 1.69. The number of halogens is 2. The van der Waals surface area contributed by atoms with Crippen molar-refractivity contribution in [2.45, 2.75) is 6.92 Å². The highest BCUT2D eigenvalue weighted by atomic mass is 35.5. The minimum atomic E-state index is 0.623. The van der Waals surface area contributed by atoms with Crippen molar-refractivity contribution in [3.63, 3.8) is 0 Å². The van der Waals surface area contributed by atoms with Crippen LogP contribution in [0, 0.1) is 6.92 Å². The molecular formula is C17H11Cl2N5S. The summed E-state index contributed by atoms with van der Waals surface area (Å²) in [5, 5.41) is 15.9. The van der Waals surface area contributed by atoms with Gasteiger partial charge in [0.15, 0.2) is 5.82 Å². The van der Waals surface area contributed by atoms with Crippen LogP contribution < -0.4 is 0 Å². The first-order chi connectivity index (χ1) is 12.1. The zero-order valence-electron chi connectivity index (χ0n) is 13.0. The second-order valence-corrected chi connectivity index (χ2v) is 7.13. The van der Waals surface area contributed by atoms with E-state index in [2.05, 4.69) is 20.3 Å². The molecule has 0 aliphatic carbocycles. The summed E-state index contributed by atoms with van der Waals surface area (Å²) in [5.74, 6) is 1.36. The lowest BCUT2D eigenvalue weighted by Gasteiger charge is -1.96. The van der Waals surface area contributed by atoms with Crippen molar-refractivity contribution in [1.29, 1.82) is 0 Å². The van der Waals surface area contributed by atoms with E-state index in [1.165, 1.54) is 11.3 Å². The summed E-state index contributed by atoms with van der Waals surface area (Å²) in [6.45, 7) is 1.88. The van der Waals surface area contributed by atoms with E-state index in [-0.39, 0.29) is 0 Å². The van der Waals surface area contributed by atoms with Gasteiger partial charge in [-0.05, 0) is 43.3 Å². The number of aryl methyl sites for hydroxylation is 1. The van der Waals surface area contributed by atoms with Gasteiger partial charge in [0.1, 0.15) is 10.8 Å². The summed E-state index contributed by atoms with van der Waals surface area (Å²) >= 11 is 13.3. The average molecular weight is 388 g/mol. The van der Waals surface area contributed by atoms with Crippen LogP contribution in [0.2, 0.25) is 10.0 Å². The van der Waals surface area contributed by atoms with Gasteiger partial charge in [-0.2, -0.15) is 4.68 Å². The smallest absolute Gasteiger partial charge is 0.212 e. The van der Waals surface area contributed by atoms with E-state index >= 15 is 0 Å². The number of hydrogen-bond acceptors (Lipinski definition) is 5. The summed E-state index contributed by atoms with van der Waals surface area (Å²) in [6, 6.07) is 14.9. The highest BCUT2D eigenvalue weighted by molar-refractivity contribution is 7.17. The number of nitrogens with zero attached hydrogens (tertiary/aromatic N) is 5. The molecular weight excluding hydrogens is 377 g/mol. The molecule has 2 aromatic carbocycles. The first-order valence-corrected chi connectivity index (χ1v) is 8.97. The van der Waals surface area contributed by atoms with Gasteiger partial charge in [-0.15, -0.1) is 15.3 Å². The lowest BCUT2D eigenvalue weighted by molar-refractivity contribution is 0.815. The second-order valence-electron chi connectivity index (χ2n) is 5.30. The molecule has 0 bridgehead atoms. The van der Waals surface area contributed by atoms with Crippen LogP contribution in [-0.4, -0.2) is 25.0 Å². The lowest BCUT2D eigenvalue weighted by Crippen LogP contribution is -1.98. The van der Waals surface area contributed by atoms with Crippen LogP contribution in [0.5, 0.6) is 0 Å². The highest BCUT2D eigenvalue weighted by Gasteiger charge is 2.14. The third kappa shape index (κ3) is 3.28. The van der Waals surface area contributed by atoms with E-state index in [1.807, 2.05) is 55.5 Å². The van der Waals surface area contributed by atoms with Crippen molar-refractivity contribution in [3.8, 4) is 27.1 Å². The van der Waals surface area contributed by atoms with Crippen LogP contribution in [0.4, 0.5) is 0 Å². The van der Waals surface area contributed by atoms with E-state index < -0.39 is 0 Å². The highest BCUT2D eigenvalue weighted by Crippen LogP contribution is 2.27. The maximum atomic E-state index is 5.93. The van der Waals surface area contributed by atoms with Crippen molar-refractivity contribution < 1.29 is 0 Å². The van der Waals surface area contributed by atoms with Gasteiger partial charge in [0, 0.05) is 21.2 Å². The fraction of sp³-hybridized carbons (Fsp3) is 0.0588. The van der Waals surface area contributed by atoms with E-state index in [1.54, 1.807) is 4.68 Å². The van der Waals surface area contributed by atoms with Crippen molar-refractivity contribution in [1.82, 2.24) is 25.0 Å². The van der Waals surface area contributed by atoms with E-state index in [4.69, 9.17) is 23.2 Å². The van der Waals surface area contributed by atoms with Gasteiger partial charge in [-0.1, -0.05) is 46.7 Å². The number of rotatable bonds is 3. The molecule has 0 radical (unpaired) electrons. The first kappa shape index (κ1) is 16.2. The molecule has 0 amide bonds. The van der Waals surface area contributed by atoms with E-state index in [9.17, 15) is 0 Å². The molecule has 0 saturated carbocycles. The summed E-state index contributed by atoms with van der Waals surface area (Å²) in [7, 11) is 0. The molecule has 2 aromatic heterocycles. The molecule has 8 heteroatoms. The Morgan fingerprint density at radius 1 is 0.840 bits per heavy atom. The molecule has 0 atom stereocenters. The Hall–Kier alpha value is -2.28. The SMILES string of the molecule is Cc1nc(-c2ccc(Cl)cc2)nn1-c1nnc(-c2ccc(Cl)cc2)s1. The van der Waals surface area contributed by atoms with Gasteiger partial charge in [-0.25, -0.2) is 4.98 Å². The van der Waals surface area contributed by atoms with E-state index in [0.717, 1.165) is 22.0 Å². The molecule has 0 aliphatic heterocycles. The topological polar surface area (TPSA) is 56.5 Å². The molecule has 0 fully saturated rings. The summed E-state index contributed by atoms with van der Waals surface area (Å²) in [5.41, 5.74) is 1.86. The Kier molecular flexibility index (Phi) is 4.25. The summed E-state index contributed by atoms with van der Waals surface area (Å²) < 4.78 is 1.70. The number of benzene rings is 2. The van der Waals surface area contributed by atoms with Gasteiger partial charge >= 0.3 is 0 Å². The number of aromatic nitrogens is 5. The van der Waals surface area contributed by atoms with Crippen LogP contribution in [0.3, 0.4) is 0 Å². The van der Waals surface area contributed by atoms with Crippen molar-refractivity contribution in [3.05, 3.63) is 64.4 Å². The van der Waals surface area contributed by atoms with Crippen molar-refractivity contribution >= 4 is 34.5 Å². The number of hydrogen-bond donors (Lipinski definition) is 0. The van der Waals surface area contributed by atoms with Crippen LogP contribution in [0.1, 0.15) is 5.82 Å².